The molecular formula is C25H31FN2O3S. The van der Waals surface area contributed by atoms with Crippen LogP contribution in [-0.4, -0.2) is 47.4 Å². The molecule has 1 aliphatic heterocycles. The summed E-state index contributed by atoms with van der Waals surface area (Å²) in [5.74, 6) is 0.370. The molecule has 5 nitrogen and oxygen atoms in total. The van der Waals surface area contributed by atoms with E-state index in [1.165, 1.54) is 17.0 Å². The average molecular weight is 459 g/mol. The zero-order valence-corrected chi connectivity index (χ0v) is 19.6. The lowest BCUT2D eigenvalue weighted by Crippen LogP contribution is -2.50. The molecule has 2 aromatic rings. The fourth-order valence-electron chi connectivity index (χ4n) is 4.74. The molecule has 1 atom stereocenters. The molecule has 0 radical (unpaired) electrons. The Kier molecular flexibility index (Phi) is 7.13. The zero-order valence-electron chi connectivity index (χ0n) is 18.8. The number of halogens is 1. The summed E-state index contributed by atoms with van der Waals surface area (Å²) in [5.41, 5.74) is 1.11. The van der Waals surface area contributed by atoms with E-state index in [1.807, 2.05) is 24.1 Å². The highest BCUT2D eigenvalue weighted by molar-refractivity contribution is 7.10. The van der Waals surface area contributed by atoms with Gasteiger partial charge in [-0.05, 0) is 74.4 Å². The predicted molar refractivity (Wildman–Crippen MR) is 123 cm³/mol. The molecule has 1 aromatic heterocycles. The summed E-state index contributed by atoms with van der Waals surface area (Å²) in [6.45, 7) is 4.94. The number of benzene rings is 1. The van der Waals surface area contributed by atoms with Crippen LogP contribution in [0.15, 0.2) is 35.7 Å². The van der Waals surface area contributed by atoms with Gasteiger partial charge in [0.05, 0.1) is 6.04 Å². The highest BCUT2D eigenvalue weighted by Gasteiger charge is 2.35. The highest BCUT2D eigenvalue weighted by Crippen LogP contribution is 2.34. The monoisotopic (exact) mass is 458 g/mol. The van der Waals surface area contributed by atoms with E-state index in [1.54, 1.807) is 28.4 Å². The number of nitrogens with zero attached hydrogens (tertiary/aromatic N) is 2. The quantitative estimate of drug-likeness (QED) is 0.598. The Morgan fingerprint density at radius 2 is 1.91 bits per heavy atom. The summed E-state index contributed by atoms with van der Waals surface area (Å²) in [4.78, 5) is 31.4. The molecule has 4 rings (SSSR count). The lowest BCUT2D eigenvalue weighted by Gasteiger charge is -2.38. The second-order valence-electron chi connectivity index (χ2n) is 8.96. The van der Waals surface area contributed by atoms with Crippen LogP contribution in [0, 0.1) is 11.7 Å². The summed E-state index contributed by atoms with van der Waals surface area (Å²) in [5, 5.41) is 2.05. The molecule has 1 aromatic carbocycles. The highest BCUT2D eigenvalue weighted by atomic mass is 32.1. The summed E-state index contributed by atoms with van der Waals surface area (Å²) in [7, 11) is 0. The Balaban J connectivity index is 1.49. The van der Waals surface area contributed by atoms with Crippen molar-refractivity contribution < 1.29 is 18.7 Å². The van der Waals surface area contributed by atoms with Crippen molar-refractivity contribution >= 4 is 23.2 Å². The molecule has 2 heterocycles. The van der Waals surface area contributed by atoms with Crippen LogP contribution in [0.3, 0.4) is 0 Å². The van der Waals surface area contributed by atoms with E-state index in [4.69, 9.17) is 4.74 Å². The van der Waals surface area contributed by atoms with Gasteiger partial charge in [0.25, 0.3) is 0 Å². The molecule has 7 heteroatoms. The summed E-state index contributed by atoms with van der Waals surface area (Å²) in [6.07, 6.45) is 4.83. The van der Waals surface area contributed by atoms with E-state index >= 15 is 0 Å². The van der Waals surface area contributed by atoms with Gasteiger partial charge in [-0.25, -0.2) is 4.39 Å². The maximum atomic E-state index is 13.5. The van der Waals surface area contributed by atoms with Gasteiger partial charge in [-0.3, -0.25) is 9.59 Å². The Morgan fingerprint density at radius 3 is 2.59 bits per heavy atom. The smallest absolute Gasteiger partial charge is 0.242 e. The number of carbonyl (C=O) groups is 2. The molecule has 2 amide bonds. The molecule has 0 spiro atoms. The second-order valence-corrected chi connectivity index (χ2v) is 9.96. The number of amides is 2. The van der Waals surface area contributed by atoms with E-state index in [-0.39, 0.29) is 42.2 Å². The van der Waals surface area contributed by atoms with Crippen molar-refractivity contribution in [2.75, 3.05) is 19.7 Å². The van der Waals surface area contributed by atoms with Crippen molar-refractivity contribution in [1.29, 1.82) is 0 Å². The Bertz CT molecular complexity index is 937. The van der Waals surface area contributed by atoms with Crippen LogP contribution in [0.4, 0.5) is 4.39 Å². The predicted octanol–water partition coefficient (Wildman–Crippen LogP) is 4.82. The van der Waals surface area contributed by atoms with E-state index in [0.29, 0.717) is 18.9 Å². The van der Waals surface area contributed by atoms with Crippen LogP contribution in [0.1, 0.15) is 56.0 Å². The molecule has 2 aliphatic rings. The standard InChI is InChI=1S/C25H31FN2O3S/c1-17(2)28(25(30)18-5-3-4-6-18)15-24(29)27-13-11-23-21(12-14-32-23)22(27)16-31-20-9-7-19(26)8-10-20/h7-10,12,14,17-18,22H,3-6,11,13,15-16H2,1-2H3/t22-/m1/s1. The summed E-state index contributed by atoms with van der Waals surface area (Å²) in [6, 6.07) is 7.73. The first-order valence-electron chi connectivity index (χ1n) is 11.5. The van der Waals surface area contributed by atoms with Gasteiger partial charge in [0, 0.05) is 23.4 Å². The molecule has 0 N–H and O–H groups in total. The fraction of sp³-hybridized carbons (Fsp3) is 0.520. The van der Waals surface area contributed by atoms with E-state index < -0.39 is 0 Å². The van der Waals surface area contributed by atoms with Crippen molar-refractivity contribution in [2.45, 2.75) is 58.0 Å². The van der Waals surface area contributed by atoms with Gasteiger partial charge in [0.15, 0.2) is 0 Å². The fourth-order valence-corrected chi connectivity index (χ4v) is 5.67. The van der Waals surface area contributed by atoms with Crippen LogP contribution in [-0.2, 0) is 16.0 Å². The largest absolute Gasteiger partial charge is 0.491 e. The summed E-state index contributed by atoms with van der Waals surface area (Å²) >= 11 is 1.70. The Hall–Kier alpha value is -2.41. The van der Waals surface area contributed by atoms with Crippen LogP contribution in [0.2, 0.25) is 0 Å². The number of ether oxygens (including phenoxy) is 1. The third kappa shape index (κ3) is 4.98. The van der Waals surface area contributed by atoms with E-state index in [2.05, 4.69) is 6.07 Å². The topological polar surface area (TPSA) is 49.9 Å². The minimum absolute atomic E-state index is 0.0255. The number of carbonyl (C=O) groups excluding carboxylic acids is 2. The van der Waals surface area contributed by atoms with Gasteiger partial charge < -0.3 is 14.5 Å². The molecule has 172 valence electrons. The van der Waals surface area contributed by atoms with Crippen LogP contribution >= 0.6 is 11.3 Å². The van der Waals surface area contributed by atoms with Gasteiger partial charge >= 0.3 is 0 Å². The zero-order chi connectivity index (χ0) is 22.7. The minimum atomic E-state index is -0.312. The van der Waals surface area contributed by atoms with E-state index in [0.717, 1.165) is 37.7 Å². The number of rotatable bonds is 7. The first-order chi connectivity index (χ1) is 15.4. The van der Waals surface area contributed by atoms with Crippen LogP contribution in [0.25, 0.3) is 0 Å². The number of hydrogen-bond donors (Lipinski definition) is 0. The molecule has 0 bridgehead atoms. The van der Waals surface area contributed by atoms with Crippen molar-refractivity contribution in [3.63, 3.8) is 0 Å². The van der Waals surface area contributed by atoms with Gasteiger partial charge in [0.1, 0.15) is 24.7 Å². The molecule has 32 heavy (non-hydrogen) atoms. The van der Waals surface area contributed by atoms with Crippen molar-refractivity contribution in [3.8, 4) is 5.75 Å². The molecule has 1 fully saturated rings. The van der Waals surface area contributed by atoms with Gasteiger partial charge in [-0.15, -0.1) is 11.3 Å². The number of thiophene rings is 1. The average Bonchev–Trinajstić information content (AvgIpc) is 3.48. The minimum Gasteiger partial charge on any atom is -0.491 e. The number of hydrogen-bond acceptors (Lipinski definition) is 4. The molecule has 0 saturated heterocycles. The van der Waals surface area contributed by atoms with Crippen molar-refractivity contribution in [1.82, 2.24) is 9.80 Å². The van der Waals surface area contributed by atoms with Crippen LogP contribution in [0.5, 0.6) is 5.75 Å². The lowest BCUT2D eigenvalue weighted by molar-refractivity contribution is -0.146. The Morgan fingerprint density at radius 1 is 1.19 bits per heavy atom. The third-order valence-electron chi connectivity index (χ3n) is 6.55. The first-order valence-corrected chi connectivity index (χ1v) is 12.4. The van der Waals surface area contributed by atoms with Crippen LogP contribution < -0.4 is 4.74 Å². The maximum Gasteiger partial charge on any atom is 0.242 e. The SMILES string of the molecule is CC(C)N(CC(=O)N1CCc2sccc2[C@H]1COc1ccc(F)cc1)C(=O)C1CCCC1. The van der Waals surface area contributed by atoms with Crippen molar-refractivity contribution in [3.05, 3.63) is 52.0 Å². The van der Waals surface area contributed by atoms with Gasteiger partial charge in [0.2, 0.25) is 11.8 Å². The Labute approximate surface area is 193 Å². The molecule has 1 saturated carbocycles. The summed E-state index contributed by atoms with van der Waals surface area (Å²) < 4.78 is 19.2. The molecular weight excluding hydrogens is 427 g/mol. The first kappa shape index (κ1) is 22.8. The van der Waals surface area contributed by atoms with Crippen molar-refractivity contribution in [2.24, 2.45) is 5.92 Å². The lowest BCUT2D eigenvalue weighted by atomic mass is 10.00. The van der Waals surface area contributed by atoms with E-state index in [9.17, 15) is 14.0 Å². The molecule has 0 unspecified atom stereocenters. The van der Waals surface area contributed by atoms with Gasteiger partial charge in [-0.1, -0.05) is 12.8 Å². The number of fused-ring (bicyclic) bond motifs is 1. The third-order valence-corrected chi connectivity index (χ3v) is 7.55. The maximum absolute atomic E-state index is 13.5. The second kappa shape index (κ2) is 10.0. The molecule has 1 aliphatic carbocycles. The normalized spacial score (nSPS) is 18.6. The van der Waals surface area contributed by atoms with Gasteiger partial charge in [-0.2, -0.15) is 0 Å².